The molecule has 0 heterocycles. The van der Waals surface area contributed by atoms with Crippen LogP contribution in [0.2, 0.25) is 0 Å². The van der Waals surface area contributed by atoms with Crippen molar-refractivity contribution in [1.29, 1.82) is 0 Å². The number of Topliss-reactive ketones (excluding diaryl/α,β-unsaturated/α-hetero) is 1. The van der Waals surface area contributed by atoms with E-state index in [0.29, 0.717) is 18.4 Å². The summed E-state index contributed by atoms with van der Waals surface area (Å²) >= 11 is 0. The van der Waals surface area contributed by atoms with E-state index in [1.165, 1.54) is 7.05 Å². The van der Waals surface area contributed by atoms with Gasteiger partial charge in [-0.1, -0.05) is 66.7 Å². The third-order valence-electron chi connectivity index (χ3n) is 6.68. The van der Waals surface area contributed by atoms with Crippen LogP contribution in [0.15, 0.2) is 78.4 Å². The van der Waals surface area contributed by atoms with E-state index in [0.717, 1.165) is 27.5 Å². The van der Waals surface area contributed by atoms with Crippen LogP contribution in [-0.2, 0) is 10.0 Å². The molecule has 3 aromatic carbocycles. The van der Waals surface area contributed by atoms with Gasteiger partial charge in [-0.05, 0) is 59.4 Å². The Morgan fingerprint density at radius 3 is 2.33 bits per heavy atom. The van der Waals surface area contributed by atoms with E-state index in [4.69, 9.17) is 0 Å². The Morgan fingerprint density at radius 1 is 0.967 bits per heavy atom. The predicted molar refractivity (Wildman–Crippen MR) is 120 cm³/mol. The van der Waals surface area contributed by atoms with Gasteiger partial charge in [0.1, 0.15) is 0 Å². The first-order chi connectivity index (χ1) is 14.4. The molecule has 0 spiro atoms. The second-order valence-corrected chi connectivity index (χ2v) is 10.2. The Bertz CT molecular complexity index is 1290. The molecule has 0 unspecified atom stereocenters. The fraction of sp³-hybridized carbons (Fsp3) is 0.240. The van der Waals surface area contributed by atoms with Gasteiger partial charge in [-0.3, -0.25) is 4.79 Å². The third-order valence-corrected chi connectivity index (χ3v) is 7.97. The van der Waals surface area contributed by atoms with Gasteiger partial charge >= 0.3 is 0 Å². The zero-order valence-electron chi connectivity index (χ0n) is 16.8. The summed E-state index contributed by atoms with van der Waals surface area (Å²) in [5.74, 6) is 0.138. The highest BCUT2D eigenvalue weighted by Gasteiger charge is 2.60. The number of hydrogen-bond acceptors (Lipinski definition) is 3. The van der Waals surface area contributed by atoms with Crippen LogP contribution in [0.25, 0.3) is 16.3 Å². The predicted octanol–water partition coefficient (Wildman–Crippen LogP) is 4.44. The van der Waals surface area contributed by atoms with Gasteiger partial charge < -0.3 is 0 Å². The zero-order valence-corrected chi connectivity index (χ0v) is 17.6. The summed E-state index contributed by atoms with van der Waals surface area (Å²) in [6.45, 7) is 0. The normalized spacial score (nSPS) is 22.9. The molecular formula is C25H23NO3S. The van der Waals surface area contributed by atoms with Crippen molar-refractivity contribution >= 4 is 32.2 Å². The minimum Gasteiger partial charge on any atom is -0.293 e. The minimum absolute atomic E-state index is 0.0386. The number of fused-ring (bicyclic) bond motifs is 1. The summed E-state index contributed by atoms with van der Waals surface area (Å²) in [6, 6.07) is 23.6. The molecule has 4 nitrogen and oxygen atoms in total. The maximum Gasteiger partial charge on any atom is 0.215 e. The summed E-state index contributed by atoms with van der Waals surface area (Å²) in [6.07, 6.45) is 1.38. The molecule has 2 bridgehead atoms. The Morgan fingerprint density at radius 2 is 1.63 bits per heavy atom. The average molecular weight is 418 g/mol. The Kier molecular flexibility index (Phi) is 4.42. The van der Waals surface area contributed by atoms with Crippen molar-refractivity contribution in [1.82, 2.24) is 4.72 Å². The number of ketones is 1. The fourth-order valence-corrected chi connectivity index (χ4v) is 6.13. The van der Waals surface area contributed by atoms with Gasteiger partial charge in [0, 0.05) is 5.56 Å². The van der Waals surface area contributed by atoms with Crippen molar-refractivity contribution in [3.8, 4) is 0 Å². The second kappa shape index (κ2) is 6.89. The van der Waals surface area contributed by atoms with Crippen molar-refractivity contribution in [3.05, 3.63) is 89.5 Å². The Labute approximate surface area is 176 Å². The van der Waals surface area contributed by atoms with Crippen molar-refractivity contribution in [2.75, 3.05) is 12.8 Å². The number of rotatable bonds is 6. The molecule has 1 fully saturated rings. The van der Waals surface area contributed by atoms with Crippen LogP contribution in [0, 0.1) is 11.3 Å². The largest absolute Gasteiger partial charge is 0.293 e. The van der Waals surface area contributed by atoms with E-state index in [9.17, 15) is 13.2 Å². The molecule has 3 aliphatic rings. The molecule has 3 aromatic rings. The molecule has 0 amide bonds. The smallest absolute Gasteiger partial charge is 0.215 e. The highest BCUT2D eigenvalue weighted by molar-refractivity contribution is 7.89. The minimum atomic E-state index is -3.50. The molecule has 0 saturated heterocycles. The fourth-order valence-electron chi connectivity index (χ4n) is 5.17. The van der Waals surface area contributed by atoms with Gasteiger partial charge in [0.2, 0.25) is 10.0 Å². The summed E-state index contributed by atoms with van der Waals surface area (Å²) in [5.41, 5.74) is 2.77. The first-order valence-electron chi connectivity index (χ1n) is 10.2. The highest BCUT2D eigenvalue weighted by Crippen LogP contribution is 2.66. The van der Waals surface area contributed by atoms with E-state index in [1.807, 2.05) is 72.8 Å². The number of nitrogens with one attached hydrogen (secondary N) is 1. The summed E-state index contributed by atoms with van der Waals surface area (Å²) < 4.78 is 27.5. The number of allylic oxidation sites excluding steroid dienone is 1. The molecular weight excluding hydrogens is 394 g/mol. The van der Waals surface area contributed by atoms with Crippen molar-refractivity contribution < 1.29 is 13.2 Å². The van der Waals surface area contributed by atoms with Gasteiger partial charge in [0.05, 0.1) is 11.2 Å². The number of hydrogen-bond donors (Lipinski definition) is 1. The monoisotopic (exact) mass is 417 g/mol. The first-order valence-corrected chi connectivity index (χ1v) is 11.8. The van der Waals surface area contributed by atoms with Crippen LogP contribution < -0.4 is 4.72 Å². The molecule has 0 radical (unpaired) electrons. The number of benzene rings is 3. The van der Waals surface area contributed by atoms with Crippen LogP contribution >= 0.6 is 0 Å². The summed E-state index contributed by atoms with van der Waals surface area (Å²) in [5, 5.41) is 2.10. The molecule has 152 valence electrons. The lowest BCUT2D eigenvalue weighted by Gasteiger charge is -2.40. The molecule has 6 rings (SSSR count). The van der Waals surface area contributed by atoms with Crippen LogP contribution in [-0.4, -0.2) is 27.0 Å². The van der Waals surface area contributed by atoms with Crippen LogP contribution in [0.1, 0.15) is 28.8 Å². The first kappa shape index (κ1) is 19.2. The standard InChI is InChI=1S/C25H23NO3S/c1-26-30(28,29)16-22-23(18-8-3-2-4-9-18)21-14-25(22,15-21)24(27)20-12-11-17-7-5-6-10-19(17)13-20/h2-13,21,26H,14-16H2,1H3. The average Bonchev–Trinajstić information content (AvgIpc) is 3.22. The lowest BCUT2D eigenvalue weighted by atomic mass is 9.62. The lowest BCUT2D eigenvalue weighted by Crippen LogP contribution is -2.41. The van der Waals surface area contributed by atoms with E-state index < -0.39 is 15.4 Å². The van der Waals surface area contributed by atoms with Gasteiger partial charge in [-0.15, -0.1) is 0 Å². The highest BCUT2D eigenvalue weighted by atomic mass is 32.2. The van der Waals surface area contributed by atoms with E-state index in [1.54, 1.807) is 0 Å². The summed E-state index contributed by atoms with van der Waals surface area (Å²) in [4.78, 5) is 13.8. The number of carbonyl (C=O) groups excluding carboxylic acids is 1. The molecule has 0 aromatic heterocycles. The van der Waals surface area contributed by atoms with Crippen LogP contribution in [0.3, 0.4) is 0 Å². The third kappa shape index (κ3) is 2.92. The zero-order chi connectivity index (χ0) is 20.9. The number of carbonyl (C=O) groups is 1. The Balaban J connectivity index is 1.62. The maximum atomic E-state index is 13.8. The van der Waals surface area contributed by atoms with E-state index in [-0.39, 0.29) is 17.5 Å². The molecule has 0 aliphatic heterocycles. The molecule has 5 heteroatoms. The Hall–Kier alpha value is -2.76. The molecule has 1 N–H and O–H groups in total. The van der Waals surface area contributed by atoms with Gasteiger partial charge in [-0.2, -0.15) is 0 Å². The van der Waals surface area contributed by atoms with Gasteiger partial charge in [0.15, 0.2) is 5.78 Å². The molecule has 1 saturated carbocycles. The maximum absolute atomic E-state index is 13.8. The van der Waals surface area contributed by atoms with Crippen molar-refractivity contribution in [3.63, 3.8) is 0 Å². The lowest BCUT2D eigenvalue weighted by molar-refractivity contribution is 0.0689. The molecule has 30 heavy (non-hydrogen) atoms. The topological polar surface area (TPSA) is 63.2 Å². The quantitative estimate of drug-likeness (QED) is 0.603. The van der Waals surface area contributed by atoms with Gasteiger partial charge in [-0.25, -0.2) is 13.1 Å². The number of sulfonamides is 1. The van der Waals surface area contributed by atoms with E-state index >= 15 is 0 Å². The van der Waals surface area contributed by atoms with E-state index in [2.05, 4.69) is 4.72 Å². The molecule has 0 atom stereocenters. The summed E-state index contributed by atoms with van der Waals surface area (Å²) in [7, 11) is -2.07. The SMILES string of the molecule is CNS(=O)(=O)CC1=C(c2ccccc2)C2CC1(C(=O)c1ccc3ccccc3c1)C2. The van der Waals surface area contributed by atoms with Crippen molar-refractivity contribution in [2.24, 2.45) is 11.3 Å². The van der Waals surface area contributed by atoms with Crippen LogP contribution in [0.4, 0.5) is 0 Å². The van der Waals surface area contributed by atoms with Crippen LogP contribution in [0.5, 0.6) is 0 Å². The molecule has 3 aliphatic carbocycles. The van der Waals surface area contributed by atoms with Gasteiger partial charge in [0.25, 0.3) is 0 Å². The second-order valence-electron chi connectivity index (χ2n) is 8.30. The van der Waals surface area contributed by atoms with Crippen molar-refractivity contribution in [2.45, 2.75) is 12.8 Å².